The minimum atomic E-state index is -0.540. The van der Waals surface area contributed by atoms with Crippen molar-refractivity contribution in [3.8, 4) is 17.2 Å². The van der Waals surface area contributed by atoms with Crippen molar-refractivity contribution >= 4 is 17.6 Å². The van der Waals surface area contributed by atoms with Gasteiger partial charge in [0, 0.05) is 10.9 Å². The standard InChI is InChI=1S/C21H29N3O3S/c1-21(2,3)11-16-13-28-20(23-15-7-5-4-6-8-15)24(16)22-12-14-9-10-17(25)19(27)18(14)26/h9-10,12-13,15,25-27H,4-8,11H2,1-3H3. The van der Waals surface area contributed by atoms with Crippen LogP contribution in [0.15, 0.2) is 27.6 Å². The summed E-state index contributed by atoms with van der Waals surface area (Å²) in [6, 6.07) is 3.18. The highest BCUT2D eigenvalue weighted by Gasteiger charge is 2.17. The molecule has 3 rings (SSSR count). The van der Waals surface area contributed by atoms with Gasteiger partial charge in [0.1, 0.15) is 0 Å². The number of rotatable bonds is 4. The Bertz CT molecular complexity index is 916. The molecule has 0 bridgehead atoms. The molecular weight excluding hydrogens is 374 g/mol. The highest BCUT2D eigenvalue weighted by Crippen LogP contribution is 2.36. The monoisotopic (exact) mass is 403 g/mol. The number of thiazole rings is 1. The third-order valence-electron chi connectivity index (χ3n) is 4.81. The molecule has 3 N–H and O–H groups in total. The van der Waals surface area contributed by atoms with E-state index in [0.717, 1.165) is 29.8 Å². The highest BCUT2D eigenvalue weighted by atomic mass is 32.1. The van der Waals surface area contributed by atoms with Crippen LogP contribution in [0, 0.1) is 5.41 Å². The molecule has 1 heterocycles. The molecule has 0 radical (unpaired) electrons. The first-order chi connectivity index (χ1) is 13.2. The Morgan fingerprint density at radius 3 is 2.50 bits per heavy atom. The van der Waals surface area contributed by atoms with E-state index in [1.165, 1.54) is 37.6 Å². The fourth-order valence-corrected chi connectivity index (χ4v) is 4.29. The SMILES string of the molecule is CC(C)(C)Cc1csc(=NC2CCCCC2)n1N=Cc1ccc(O)c(O)c1O. The molecule has 28 heavy (non-hydrogen) atoms. The zero-order valence-electron chi connectivity index (χ0n) is 16.7. The maximum absolute atomic E-state index is 10.1. The number of hydrogen-bond donors (Lipinski definition) is 3. The second kappa shape index (κ2) is 8.39. The molecule has 0 aliphatic heterocycles. The maximum Gasteiger partial charge on any atom is 0.206 e. The highest BCUT2D eigenvalue weighted by molar-refractivity contribution is 7.07. The van der Waals surface area contributed by atoms with Crippen molar-refractivity contribution in [1.29, 1.82) is 0 Å². The zero-order valence-corrected chi connectivity index (χ0v) is 17.5. The van der Waals surface area contributed by atoms with Gasteiger partial charge in [0.15, 0.2) is 11.5 Å². The van der Waals surface area contributed by atoms with E-state index in [4.69, 9.17) is 4.99 Å². The number of phenols is 3. The second-order valence-corrected chi connectivity index (χ2v) is 9.43. The van der Waals surface area contributed by atoms with Crippen molar-refractivity contribution < 1.29 is 15.3 Å². The molecule has 6 nitrogen and oxygen atoms in total. The normalized spacial score (nSPS) is 16.9. The van der Waals surface area contributed by atoms with Gasteiger partial charge < -0.3 is 15.3 Å². The van der Waals surface area contributed by atoms with E-state index >= 15 is 0 Å². The van der Waals surface area contributed by atoms with Gasteiger partial charge in [-0.25, -0.2) is 4.68 Å². The summed E-state index contributed by atoms with van der Waals surface area (Å²) in [5.74, 6) is -1.29. The minimum Gasteiger partial charge on any atom is -0.504 e. The molecule has 0 spiro atoms. The first-order valence-electron chi connectivity index (χ1n) is 9.76. The summed E-state index contributed by atoms with van der Waals surface area (Å²) in [5, 5.41) is 36.0. The summed E-state index contributed by atoms with van der Waals surface area (Å²) in [5.41, 5.74) is 1.49. The van der Waals surface area contributed by atoms with Crippen molar-refractivity contribution in [1.82, 2.24) is 4.68 Å². The number of aromatic nitrogens is 1. The average Bonchev–Trinajstić information content (AvgIpc) is 2.99. The van der Waals surface area contributed by atoms with Crippen LogP contribution in [0.25, 0.3) is 0 Å². The van der Waals surface area contributed by atoms with Crippen LogP contribution < -0.4 is 4.80 Å². The molecule has 0 unspecified atom stereocenters. The van der Waals surface area contributed by atoms with Crippen LogP contribution in [0.1, 0.15) is 64.1 Å². The van der Waals surface area contributed by atoms with E-state index in [2.05, 4.69) is 31.3 Å². The lowest BCUT2D eigenvalue weighted by molar-refractivity contribution is 0.367. The molecular formula is C21H29N3O3S. The molecule has 0 saturated heterocycles. The predicted octanol–water partition coefficient (Wildman–Crippen LogP) is 4.37. The van der Waals surface area contributed by atoms with Gasteiger partial charge in [-0.2, -0.15) is 5.10 Å². The predicted molar refractivity (Wildman–Crippen MR) is 112 cm³/mol. The second-order valence-electron chi connectivity index (χ2n) is 8.60. The van der Waals surface area contributed by atoms with Crippen molar-refractivity contribution in [2.75, 3.05) is 0 Å². The molecule has 2 aromatic rings. The molecule has 152 valence electrons. The summed E-state index contributed by atoms with van der Waals surface area (Å²) in [7, 11) is 0. The zero-order chi connectivity index (χ0) is 20.3. The minimum absolute atomic E-state index is 0.0966. The van der Waals surface area contributed by atoms with Crippen molar-refractivity contribution in [2.24, 2.45) is 15.5 Å². The van der Waals surface area contributed by atoms with Gasteiger partial charge in [-0.15, -0.1) is 11.3 Å². The smallest absolute Gasteiger partial charge is 0.206 e. The van der Waals surface area contributed by atoms with E-state index < -0.39 is 5.75 Å². The number of benzene rings is 1. The van der Waals surface area contributed by atoms with Gasteiger partial charge in [-0.3, -0.25) is 4.99 Å². The summed E-state index contributed by atoms with van der Waals surface area (Å²) < 4.78 is 1.84. The quantitative estimate of drug-likeness (QED) is 0.523. The van der Waals surface area contributed by atoms with E-state index in [-0.39, 0.29) is 16.9 Å². The van der Waals surface area contributed by atoms with E-state index in [1.54, 1.807) is 11.3 Å². The van der Waals surface area contributed by atoms with Crippen molar-refractivity contribution in [3.63, 3.8) is 0 Å². The van der Waals surface area contributed by atoms with Gasteiger partial charge >= 0.3 is 0 Å². The average molecular weight is 404 g/mol. The molecule has 1 fully saturated rings. The van der Waals surface area contributed by atoms with Gasteiger partial charge in [-0.1, -0.05) is 40.0 Å². The summed E-state index contributed by atoms with van der Waals surface area (Å²) in [6.45, 7) is 6.54. The Morgan fingerprint density at radius 1 is 1.11 bits per heavy atom. The van der Waals surface area contributed by atoms with E-state index in [0.29, 0.717) is 11.6 Å². The van der Waals surface area contributed by atoms with Crippen LogP contribution >= 0.6 is 11.3 Å². The molecule has 1 saturated carbocycles. The fraction of sp³-hybridized carbons (Fsp3) is 0.524. The van der Waals surface area contributed by atoms with Crippen LogP contribution in [0.5, 0.6) is 17.2 Å². The van der Waals surface area contributed by atoms with Crippen LogP contribution in [0.3, 0.4) is 0 Å². The molecule has 1 aromatic carbocycles. The van der Waals surface area contributed by atoms with Crippen LogP contribution in [0.4, 0.5) is 0 Å². The van der Waals surface area contributed by atoms with Crippen molar-refractivity contribution in [2.45, 2.75) is 65.3 Å². The lowest BCUT2D eigenvalue weighted by atomic mass is 9.91. The lowest BCUT2D eigenvalue weighted by Crippen LogP contribution is -2.21. The maximum atomic E-state index is 10.1. The third-order valence-corrected chi connectivity index (χ3v) is 5.69. The largest absolute Gasteiger partial charge is 0.504 e. The lowest BCUT2D eigenvalue weighted by Gasteiger charge is -2.18. The van der Waals surface area contributed by atoms with E-state index in [9.17, 15) is 15.3 Å². The molecule has 7 heteroatoms. The Balaban J connectivity index is 2.00. The first kappa shape index (κ1) is 20.5. The summed E-state index contributed by atoms with van der Waals surface area (Å²) >= 11 is 1.59. The van der Waals surface area contributed by atoms with Gasteiger partial charge in [0.05, 0.1) is 18.0 Å². The molecule has 0 atom stereocenters. The third kappa shape index (κ3) is 4.95. The Hall–Kier alpha value is -2.28. The summed E-state index contributed by atoms with van der Waals surface area (Å²) in [6.07, 6.45) is 8.29. The number of aromatic hydroxyl groups is 3. The fourth-order valence-electron chi connectivity index (χ4n) is 3.39. The summed E-state index contributed by atoms with van der Waals surface area (Å²) in [4.78, 5) is 5.80. The number of phenolic OH excluding ortho intramolecular Hbond substituents is 3. The molecule has 0 amide bonds. The first-order valence-corrected chi connectivity index (χ1v) is 10.6. The van der Waals surface area contributed by atoms with Crippen molar-refractivity contribution in [3.05, 3.63) is 33.6 Å². The molecule has 1 aliphatic rings. The van der Waals surface area contributed by atoms with Gasteiger partial charge in [0.25, 0.3) is 0 Å². The topological polar surface area (TPSA) is 90.3 Å². The molecule has 1 aromatic heterocycles. The van der Waals surface area contributed by atoms with Gasteiger partial charge in [0.2, 0.25) is 10.6 Å². The number of nitrogens with zero attached hydrogens (tertiary/aromatic N) is 3. The van der Waals surface area contributed by atoms with Crippen LogP contribution in [0.2, 0.25) is 0 Å². The Labute approximate surface area is 169 Å². The van der Waals surface area contributed by atoms with Crippen LogP contribution in [-0.4, -0.2) is 32.3 Å². The number of hydrogen-bond acceptors (Lipinski definition) is 6. The van der Waals surface area contributed by atoms with Gasteiger partial charge in [-0.05, 0) is 36.8 Å². The Morgan fingerprint density at radius 2 is 1.82 bits per heavy atom. The Kier molecular flexibility index (Phi) is 6.13. The van der Waals surface area contributed by atoms with E-state index in [1.807, 2.05) is 4.68 Å². The molecule has 1 aliphatic carbocycles. The van der Waals surface area contributed by atoms with Crippen LogP contribution in [-0.2, 0) is 6.42 Å².